The molecule has 0 radical (unpaired) electrons. The van der Waals surface area contributed by atoms with Gasteiger partial charge in [0, 0.05) is 6.42 Å². The summed E-state index contributed by atoms with van der Waals surface area (Å²) in [7, 11) is 0. The van der Waals surface area contributed by atoms with Crippen LogP contribution < -0.4 is 0 Å². The molecule has 0 bridgehead atoms. The van der Waals surface area contributed by atoms with Crippen LogP contribution in [-0.2, 0) is 9.53 Å². The average molecular weight is 257 g/mol. The molecule has 3 heteroatoms. The van der Waals surface area contributed by atoms with Crippen LogP contribution in [0.5, 0.6) is 0 Å². The summed E-state index contributed by atoms with van der Waals surface area (Å²) in [6, 6.07) is 0. The van der Waals surface area contributed by atoms with Crippen molar-refractivity contribution < 1.29 is 9.53 Å². The molecule has 0 aromatic heterocycles. The monoisotopic (exact) mass is 256 g/mol. The quantitative estimate of drug-likeness (QED) is 0.727. The maximum Gasteiger partial charge on any atom is 0.309 e. The third-order valence-corrected chi connectivity index (χ3v) is 3.25. The minimum atomic E-state index is -0.0265. The van der Waals surface area contributed by atoms with E-state index in [9.17, 15) is 4.79 Å². The zero-order valence-corrected chi connectivity index (χ0v) is 9.71. The molecule has 0 aromatic rings. The van der Waals surface area contributed by atoms with Gasteiger partial charge in [0.05, 0.1) is 12.5 Å². The molecule has 0 amide bonds. The molecule has 0 N–H and O–H groups in total. The molecule has 14 heavy (non-hydrogen) atoms. The van der Waals surface area contributed by atoms with Crippen LogP contribution in [-0.4, -0.2) is 12.6 Å². The van der Waals surface area contributed by atoms with Gasteiger partial charge in [0.15, 0.2) is 0 Å². The maximum atomic E-state index is 11.4. The predicted octanol–water partition coefficient (Wildman–Crippen LogP) is 2.79. The van der Waals surface area contributed by atoms with Crippen molar-refractivity contribution in [2.24, 2.45) is 11.8 Å². The van der Waals surface area contributed by atoms with Crippen molar-refractivity contribution in [1.82, 2.24) is 0 Å². The van der Waals surface area contributed by atoms with Crippen molar-refractivity contribution in [3.05, 3.63) is 22.2 Å². The summed E-state index contributed by atoms with van der Waals surface area (Å²) in [5, 5.41) is 0. The van der Waals surface area contributed by atoms with E-state index in [2.05, 4.69) is 28.1 Å². The van der Waals surface area contributed by atoms with Gasteiger partial charge in [-0.2, -0.15) is 0 Å². The first-order chi connectivity index (χ1) is 6.72. The summed E-state index contributed by atoms with van der Waals surface area (Å²) in [5.74, 6) is 0.551. The molecule has 1 fully saturated rings. The van der Waals surface area contributed by atoms with Crippen LogP contribution in [0.4, 0.5) is 0 Å². The van der Waals surface area contributed by atoms with E-state index < -0.39 is 0 Å². The van der Waals surface area contributed by atoms with Gasteiger partial charge < -0.3 is 4.74 Å². The summed E-state index contributed by atoms with van der Waals surface area (Å²) < 4.78 is 6.20. The molecular weight excluding hydrogens is 244 g/mol. The van der Waals surface area contributed by atoms with Crippen molar-refractivity contribution >= 4 is 21.9 Å². The molecule has 0 aliphatic heterocycles. The lowest BCUT2D eigenvalue weighted by Crippen LogP contribution is -2.08. The van der Waals surface area contributed by atoms with Gasteiger partial charge >= 0.3 is 5.97 Å². The fourth-order valence-electron chi connectivity index (χ4n) is 1.88. The molecule has 1 saturated carbocycles. The van der Waals surface area contributed by atoms with Gasteiger partial charge in [-0.05, 0) is 23.7 Å². The van der Waals surface area contributed by atoms with Crippen LogP contribution in [0, 0.1) is 11.8 Å². The minimum absolute atomic E-state index is 0.0265. The van der Waals surface area contributed by atoms with E-state index in [4.69, 9.17) is 4.74 Å². The first-order valence-corrected chi connectivity index (χ1v) is 5.73. The zero-order chi connectivity index (χ0) is 10.1. The Morgan fingerprint density at radius 3 is 3.00 bits per heavy atom. The molecule has 0 spiro atoms. The van der Waals surface area contributed by atoms with Crippen LogP contribution in [0.3, 0.4) is 0 Å². The SMILES string of the molecule is CCOC(=O)[C@H]1C[C@@H]1C1=CC=C(Br)C1. The number of carbonyl (C=O) groups is 1. The third kappa shape index (κ3) is 1.92. The van der Waals surface area contributed by atoms with E-state index in [1.807, 2.05) is 6.92 Å². The Labute approximate surface area is 92.1 Å². The topological polar surface area (TPSA) is 26.3 Å². The summed E-state index contributed by atoms with van der Waals surface area (Å²) in [6.07, 6.45) is 6.13. The number of esters is 1. The number of allylic oxidation sites excluding steroid dienone is 4. The van der Waals surface area contributed by atoms with E-state index in [0.717, 1.165) is 12.8 Å². The fraction of sp³-hybridized carbons (Fsp3) is 0.545. The van der Waals surface area contributed by atoms with Crippen LogP contribution in [0.2, 0.25) is 0 Å². The van der Waals surface area contributed by atoms with Crippen molar-refractivity contribution in [3.63, 3.8) is 0 Å². The van der Waals surface area contributed by atoms with Gasteiger partial charge in [-0.25, -0.2) is 0 Å². The van der Waals surface area contributed by atoms with Gasteiger partial charge in [0.1, 0.15) is 0 Å². The van der Waals surface area contributed by atoms with Crippen molar-refractivity contribution in [2.75, 3.05) is 6.61 Å². The number of halogens is 1. The number of carbonyl (C=O) groups excluding carboxylic acids is 1. The van der Waals surface area contributed by atoms with Gasteiger partial charge in [-0.1, -0.05) is 33.7 Å². The van der Waals surface area contributed by atoms with Gasteiger partial charge in [0.25, 0.3) is 0 Å². The van der Waals surface area contributed by atoms with Crippen LogP contribution in [0.1, 0.15) is 19.8 Å². The van der Waals surface area contributed by atoms with E-state index in [-0.39, 0.29) is 11.9 Å². The Kier molecular flexibility index (Phi) is 2.77. The van der Waals surface area contributed by atoms with Crippen molar-refractivity contribution in [3.8, 4) is 0 Å². The highest BCUT2D eigenvalue weighted by Crippen LogP contribution is 2.48. The standard InChI is InChI=1S/C11H13BrO2/c1-2-14-11(13)10-6-9(10)7-3-4-8(12)5-7/h3-4,9-10H,2,5-6H2,1H3/t9-,10+/m1/s1. The first kappa shape index (κ1) is 9.97. The average Bonchev–Trinajstić information content (AvgIpc) is 2.84. The Morgan fingerprint density at radius 1 is 1.64 bits per heavy atom. The van der Waals surface area contributed by atoms with Gasteiger partial charge in [-0.15, -0.1) is 0 Å². The Morgan fingerprint density at radius 2 is 2.43 bits per heavy atom. The molecule has 76 valence electrons. The van der Waals surface area contributed by atoms with E-state index in [1.54, 1.807) is 0 Å². The molecule has 2 aliphatic carbocycles. The van der Waals surface area contributed by atoms with E-state index in [1.165, 1.54) is 10.1 Å². The summed E-state index contributed by atoms with van der Waals surface area (Å²) in [6.45, 7) is 2.34. The predicted molar refractivity (Wildman–Crippen MR) is 57.9 cm³/mol. The smallest absolute Gasteiger partial charge is 0.309 e. The van der Waals surface area contributed by atoms with Crippen molar-refractivity contribution in [2.45, 2.75) is 19.8 Å². The normalized spacial score (nSPS) is 29.6. The molecule has 0 aromatic carbocycles. The molecule has 0 unspecified atom stereocenters. The molecule has 2 nitrogen and oxygen atoms in total. The van der Waals surface area contributed by atoms with E-state index >= 15 is 0 Å². The number of ether oxygens (including phenoxy) is 1. The molecule has 2 rings (SSSR count). The number of hydrogen-bond acceptors (Lipinski definition) is 2. The Hall–Kier alpha value is -0.570. The van der Waals surface area contributed by atoms with Gasteiger partial charge in [0.2, 0.25) is 0 Å². The molecular formula is C11H13BrO2. The summed E-state index contributed by atoms with van der Waals surface area (Å²) in [4.78, 5) is 11.4. The highest BCUT2D eigenvalue weighted by Gasteiger charge is 2.46. The summed E-state index contributed by atoms with van der Waals surface area (Å²) >= 11 is 3.46. The second-order valence-electron chi connectivity index (χ2n) is 3.73. The molecule has 2 aliphatic rings. The maximum absolute atomic E-state index is 11.4. The lowest BCUT2D eigenvalue weighted by Gasteiger charge is -2.01. The van der Waals surface area contributed by atoms with Crippen LogP contribution in [0.15, 0.2) is 22.2 Å². The number of hydrogen-bond donors (Lipinski definition) is 0. The van der Waals surface area contributed by atoms with Crippen molar-refractivity contribution in [1.29, 1.82) is 0 Å². The molecule has 0 heterocycles. The van der Waals surface area contributed by atoms with Crippen LogP contribution >= 0.6 is 15.9 Å². The highest BCUT2D eigenvalue weighted by molar-refractivity contribution is 9.11. The zero-order valence-electron chi connectivity index (χ0n) is 8.13. The molecule has 0 saturated heterocycles. The Balaban J connectivity index is 1.85. The highest BCUT2D eigenvalue weighted by atomic mass is 79.9. The fourth-order valence-corrected chi connectivity index (χ4v) is 2.34. The summed E-state index contributed by atoms with van der Waals surface area (Å²) in [5.41, 5.74) is 1.37. The van der Waals surface area contributed by atoms with E-state index in [0.29, 0.717) is 12.5 Å². The van der Waals surface area contributed by atoms with Gasteiger partial charge in [-0.3, -0.25) is 4.79 Å². The molecule has 2 atom stereocenters. The largest absolute Gasteiger partial charge is 0.466 e. The lowest BCUT2D eigenvalue weighted by atomic mass is 10.1. The third-order valence-electron chi connectivity index (χ3n) is 2.71. The first-order valence-electron chi connectivity index (χ1n) is 4.94. The number of rotatable bonds is 3. The second kappa shape index (κ2) is 3.89. The Bertz CT molecular complexity index is 317. The van der Waals surface area contributed by atoms with Crippen LogP contribution in [0.25, 0.3) is 0 Å². The minimum Gasteiger partial charge on any atom is -0.466 e. The lowest BCUT2D eigenvalue weighted by molar-refractivity contribution is -0.144. The second-order valence-corrected chi connectivity index (χ2v) is 4.75.